The maximum atomic E-state index is 13.4. The number of aromatic nitrogens is 2. The van der Waals surface area contributed by atoms with Crippen LogP contribution in [0.1, 0.15) is 35.8 Å². The summed E-state index contributed by atoms with van der Waals surface area (Å²) < 4.78 is 1.47. The predicted octanol–water partition coefficient (Wildman–Crippen LogP) is 4.60. The minimum absolute atomic E-state index is 0.162. The quantitative estimate of drug-likeness (QED) is 0.502. The second-order valence-electron chi connectivity index (χ2n) is 7.48. The van der Waals surface area contributed by atoms with Gasteiger partial charge in [0, 0.05) is 12.1 Å². The van der Waals surface area contributed by atoms with Gasteiger partial charge in [0.15, 0.2) is 0 Å². The van der Waals surface area contributed by atoms with Gasteiger partial charge in [-0.2, -0.15) is 0 Å². The lowest BCUT2D eigenvalue weighted by molar-refractivity contribution is -0.122. The number of rotatable bonds is 5. The highest BCUT2D eigenvalue weighted by molar-refractivity contribution is 6.31. The molecule has 0 spiro atoms. The molecular weight excluding hydrogens is 410 g/mol. The highest BCUT2D eigenvalue weighted by atomic mass is 35.5. The fourth-order valence-corrected chi connectivity index (χ4v) is 3.96. The van der Waals surface area contributed by atoms with Gasteiger partial charge in [0.25, 0.3) is 5.56 Å². The van der Waals surface area contributed by atoms with E-state index < -0.39 is 12.0 Å². The van der Waals surface area contributed by atoms with Crippen LogP contribution in [0.4, 0.5) is 0 Å². The Hall–Kier alpha value is -3.44. The molecule has 0 saturated carbocycles. The first-order valence-corrected chi connectivity index (χ1v) is 10.4. The molecule has 1 aromatic heterocycles. The van der Waals surface area contributed by atoms with Gasteiger partial charge in [-0.1, -0.05) is 72.3 Å². The minimum atomic E-state index is -0.483. The summed E-state index contributed by atoms with van der Waals surface area (Å²) in [7, 11) is 1.66. The van der Waals surface area contributed by atoms with Crippen molar-refractivity contribution in [2.75, 3.05) is 0 Å². The summed E-state index contributed by atoms with van der Waals surface area (Å²) in [5.74, 6) is -0.171. The zero-order chi connectivity index (χ0) is 22.0. The second kappa shape index (κ2) is 8.74. The molecule has 0 aliphatic carbocycles. The number of benzene rings is 3. The second-order valence-corrected chi connectivity index (χ2v) is 7.92. The van der Waals surface area contributed by atoms with Crippen molar-refractivity contribution in [3.05, 3.63) is 111 Å². The molecule has 156 valence electrons. The third kappa shape index (κ3) is 4.23. The van der Waals surface area contributed by atoms with Crippen LogP contribution in [0, 0.1) is 0 Å². The van der Waals surface area contributed by atoms with Gasteiger partial charge in [-0.05, 0) is 36.2 Å². The van der Waals surface area contributed by atoms with Gasteiger partial charge < -0.3 is 5.32 Å². The number of fused-ring (bicyclic) bond motifs is 1. The van der Waals surface area contributed by atoms with Gasteiger partial charge >= 0.3 is 0 Å². The van der Waals surface area contributed by atoms with Crippen LogP contribution in [0.15, 0.2) is 83.7 Å². The molecule has 1 unspecified atom stereocenters. The molecule has 6 heteroatoms. The summed E-state index contributed by atoms with van der Waals surface area (Å²) in [6.07, 6.45) is 0. The average Bonchev–Trinajstić information content (AvgIpc) is 2.77. The summed E-state index contributed by atoms with van der Waals surface area (Å²) in [4.78, 5) is 30.8. The van der Waals surface area contributed by atoms with Crippen molar-refractivity contribution in [2.45, 2.75) is 18.9 Å². The largest absolute Gasteiger partial charge is 0.346 e. The number of halogens is 1. The maximum Gasteiger partial charge on any atom is 0.261 e. The van der Waals surface area contributed by atoms with E-state index in [-0.39, 0.29) is 11.5 Å². The molecular formula is C25H22ClN3O2. The zero-order valence-corrected chi connectivity index (χ0v) is 18.0. The standard InChI is InChI=1S/C25H22ClN3O2/c1-16(23-28-21-15-19(26)13-14-20(21)25(31)29(23)2)27-24(30)22(17-9-5-3-6-10-17)18-11-7-4-8-12-18/h3-16,22H,1-2H3,(H,27,30). The first-order valence-electron chi connectivity index (χ1n) is 10.0. The van der Waals surface area contributed by atoms with E-state index in [1.165, 1.54) is 4.57 Å². The third-order valence-electron chi connectivity index (χ3n) is 5.35. The number of hydrogen-bond acceptors (Lipinski definition) is 3. The molecule has 0 bridgehead atoms. The van der Waals surface area contributed by atoms with Crippen LogP contribution < -0.4 is 10.9 Å². The van der Waals surface area contributed by atoms with Crippen molar-refractivity contribution in [1.29, 1.82) is 0 Å². The predicted molar refractivity (Wildman–Crippen MR) is 123 cm³/mol. The highest BCUT2D eigenvalue weighted by Crippen LogP contribution is 2.26. The van der Waals surface area contributed by atoms with Crippen molar-refractivity contribution in [1.82, 2.24) is 14.9 Å². The van der Waals surface area contributed by atoms with Gasteiger partial charge in [0.2, 0.25) is 5.91 Å². The van der Waals surface area contributed by atoms with Crippen molar-refractivity contribution < 1.29 is 4.79 Å². The number of carbonyl (C=O) groups is 1. The molecule has 3 aromatic carbocycles. The van der Waals surface area contributed by atoms with Crippen molar-refractivity contribution in [3.8, 4) is 0 Å². The van der Waals surface area contributed by atoms with Gasteiger partial charge in [-0.15, -0.1) is 0 Å². The van der Waals surface area contributed by atoms with E-state index in [2.05, 4.69) is 10.3 Å². The van der Waals surface area contributed by atoms with Crippen LogP contribution in [0.3, 0.4) is 0 Å². The van der Waals surface area contributed by atoms with Crippen molar-refractivity contribution in [2.24, 2.45) is 7.05 Å². The molecule has 4 aromatic rings. The average molecular weight is 432 g/mol. The first kappa shape index (κ1) is 20.8. The monoisotopic (exact) mass is 431 g/mol. The number of carbonyl (C=O) groups excluding carboxylic acids is 1. The van der Waals surface area contributed by atoms with E-state index in [0.717, 1.165) is 11.1 Å². The zero-order valence-electron chi connectivity index (χ0n) is 17.2. The topological polar surface area (TPSA) is 64.0 Å². The summed E-state index contributed by atoms with van der Waals surface area (Å²) in [5.41, 5.74) is 2.12. The third-order valence-corrected chi connectivity index (χ3v) is 5.58. The van der Waals surface area contributed by atoms with Crippen LogP contribution in [-0.2, 0) is 11.8 Å². The Labute approximate surface area is 185 Å². The van der Waals surface area contributed by atoms with E-state index in [1.807, 2.05) is 67.6 Å². The Kier molecular flexibility index (Phi) is 5.87. The number of nitrogens with one attached hydrogen (secondary N) is 1. The van der Waals surface area contributed by atoms with Crippen LogP contribution >= 0.6 is 11.6 Å². The molecule has 4 rings (SSSR count). The smallest absolute Gasteiger partial charge is 0.261 e. The SMILES string of the molecule is CC(NC(=O)C(c1ccccc1)c1ccccc1)c1nc2cc(Cl)ccc2c(=O)n1C. The summed E-state index contributed by atoms with van der Waals surface area (Å²) in [5, 5.41) is 4.04. The van der Waals surface area contributed by atoms with Crippen LogP contribution in [0.5, 0.6) is 0 Å². The lowest BCUT2D eigenvalue weighted by Crippen LogP contribution is -2.35. The number of hydrogen-bond donors (Lipinski definition) is 1. The van der Waals surface area contributed by atoms with Crippen molar-refractivity contribution in [3.63, 3.8) is 0 Å². The molecule has 1 heterocycles. The van der Waals surface area contributed by atoms with Gasteiger partial charge in [-0.3, -0.25) is 14.2 Å². The fraction of sp³-hybridized carbons (Fsp3) is 0.160. The van der Waals surface area contributed by atoms with Crippen LogP contribution in [0.25, 0.3) is 10.9 Å². The molecule has 0 saturated heterocycles. The van der Waals surface area contributed by atoms with Gasteiger partial charge in [0.1, 0.15) is 5.82 Å². The lowest BCUT2D eigenvalue weighted by atomic mass is 9.90. The first-order chi connectivity index (χ1) is 15.0. The molecule has 5 nitrogen and oxygen atoms in total. The molecule has 0 radical (unpaired) electrons. The highest BCUT2D eigenvalue weighted by Gasteiger charge is 2.25. The fourth-order valence-electron chi connectivity index (χ4n) is 3.80. The molecule has 1 amide bonds. The Balaban J connectivity index is 1.70. The number of nitrogens with zero attached hydrogens (tertiary/aromatic N) is 2. The van der Waals surface area contributed by atoms with Gasteiger partial charge in [0.05, 0.1) is 22.9 Å². The van der Waals surface area contributed by atoms with Crippen LogP contribution in [0.2, 0.25) is 5.02 Å². The summed E-state index contributed by atoms with van der Waals surface area (Å²) >= 11 is 6.09. The maximum absolute atomic E-state index is 13.4. The number of amides is 1. The van der Waals surface area contributed by atoms with E-state index in [0.29, 0.717) is 21.7 Å². The van der Waals surface area contributed by atoms with Crippen molar-refractivity contribution >= 4 is 28.4 Å². The van der Waals surface area contributed by atoms with E-state index in [9.17, 15) is 9.59 Å². The summed E-state index contributed by atoms with van der Waals surface area (Å²) in [6.45, 7) is 1.82. The minimum Gasteiger partial charge on any atom is -0.346 e. The molecule has 1 N–H and O–H groups in total. The van der Waals surface area contributed by atoms with Gasteiger partial charge in [-0.25, -0.2) is 4.98 Å². The molecule has 0 fully saturated rings. The lowest BCUT2D eigenvalue weighted by Gasteiger charge is -2.22. The Morgan fingerprint density at radius 1 is 0.968 bits per heavy atom. The molecule has 31 heavy (non-hydrogen) atoms. The molecule has 0 aliphatic heterocycles. The Morgan fingerprint density at radius 2 is 1.55 bits per heavy atom. The molecule has 1 atom stereocenters. The van der Waals surface area contributed by atoms with E-state index in [1.54, 1.807) is 25.2 Å². The normalized spacial score (nSPS) is 12.1. The van der Waals surface area contributed by atoms with Crippen LogP contribution in [-0.4, -0.2) is 15.5 Å². The molecule has 0 aliphatic rings. The Bertz CT molecular complexity index is 1250. The summed E-state index contributed by atoms with van der Waals surface area (Å²) in [6, 6.07) is 23.8. The van der Waals surface area contributed by atoms with E-state index >= 15 is 0 Å². The Morgan fingerprint density at radius 3 is 2.13 bits per heavy atom. The van der Waals surface area contributed by atoms with E-state index in [4.69, 9.17) is 11.6 Å².